The van der Waals surface area contributed by atoms with E-state index in [1.807, 2.05) is 12.1 Å². The third kappa shape index (κ3) is 3.18. The van der Waals surface area contributed by atoms with Crippen LogP contribution < -0.4 is 4.74 Å². The van der Waals surface area contributed by atoms with Gasteiger partial charge in [0.05, 0.1) is 19.3 Å². The zero-order chi connectivity index (χ0) is 13.8. The molecule has 1 aromatic rings. The Kier molecular flexibility index (Phi) is 4.63. The first-order valence-corrected chi connectivity index (χ1v) is 6.31. The lowest BCUT2D eigenvalue weighted by molar-refractivity contribution is -0.00461. The molecular weight excluding hydrogens is 246 g/mol. The fourth-order valence-corrected chi connectivity index (χ4v) is 2.48. The molecule has 0 spiro atoms. The Balaban J connectivity index is 2.02. The molecule has 0 aliphatic carbocycles. The van der Waals surface area contributed by atoms with E-state index in [-0.39, 0.29) is 18.0 Å². The van der Waals surface area contributed by atoms with E-state index in [2.05, 4.69) is 4.90 Å². The van der Waals surface area contributed by atoms with Crippen LogP contribution in [0, 0.1) is 0 Å². The second-order valence-electron chi connectivity index (χ2n) is 4.75. The highest BCUT2D eigenvalue weighted by molar-refractivity contribution is 5.41. The molecule has 0 bridgehead atoms. The highest BCUT2D eigenvalue weighted by Crippen LogP contribution is 2.27. The minimum absolute atomic E-state index is 0.115. The fraction of sp³-hybridized carbons (Fsp3) is 0.571. The van der Waals surface area contributed by atoms with Crippen molar-refractivity contribution in [2.24, 2.45) is 0 Å². The van der Waals surface area contributed by atoms with Gasteiger partial charge in [-0.25, -0.2) is 0 Å². The van der Waals surface area contributed by atoms with Crippen molar-refractivity contribution in [1.82, 2.24) is 4.90 Å². The van der Waals surface area contributed by atoms with Crippen LogP contribution >= 0.6 is 0 Å². The smallest absolute Gasteiger partial charge is 0.160 e. The largest absolute Gasteiger partial charge is 0.504 e. The van der Waals surface area contributed by atoms with Crippen molar-refractivity contribution in [3.05, 3.63) is 23.8 Å². The normalized spacial score (nSPS) is 23.7. The molecule has 19 heavy (non-hydrogen) atoms. The molecule has 2 unspecified atom stereocenters. The summed E-state index contributed by atoms with van der Waals surface area (Å²) in [4.78, 5) is 2.27. The molecule has 1 aliphatic heterocycles. The number of ether oxygens (including phenoxy) is 3. The molecule has 0 radical (unpaired) electrons. The zero-order valence-corrected chi connectivity index (χ0v) is 11.6. The molecule has 0 aromatic heterocycles. The molecule has 1 N–H and O–H groups in total. The van der Waals surface area contributed by atoms with Crippen molar-refractivity contribution < 1.29 is 19.3 Å². The number of rotatable bonds is 5. The summed E-state index contributed by atoms with van der Waals surface area (Å²) in [6, 6.07) is 5.42. The average Bonchev–Trinajstić information content (AvgIpc) is 2.83. The summed E-state index contributed by atoms with van der Waals surface area (Å²) < 4.78 is 15.9. The van der Waals surface area contributed by atoms with Gasteiger partial charge in [0.1, 0.15) is 0 Å². The Morgan fingerprint density at radius 2 is 1.79 bits per heavy atom. The molecule has 5 heteroatoms. The van der Waals surface area contributed by atoms with Gasteiger partial charge in [-0.05, 0) is 17.7 Å². The van der Waals surface area contributed by atoms with E-state index in [9.17, 15) is 5.11 Å². The molecule has 0 saturated carbocycles. The van der Waals surface area contributed by atoms with E-state index in [1.54, 1.807) is 27.4 Å². The Morgan fingerprint density at radius 3 is 2.32 bits per heavy atom. The quantitative estimate of drug-likeness (QED) is 0.870. The van der Waals surface area contributed by atoms with Gasteiger partial charge in [-0.2, -0.15) is 0 Å². The lowest BCUT2D eigenvalue weighted by atomic mass is 10.2. The van der Waals surface area contributed by atoms with Crippen molar-refractivity contribution in [2.45, 2.75) is 18.8 Å². The SMILES string of the molecule is COc1cc(CN2CC(OC)C(OC)C2)ccc1O. The predicted octanol–water partition coefficient (Wildman–Crippen LogP) is 1.25. The van der Waals surface area contributed by atoms with Gasteiger partial charge in [0.15, 0.2) is 11.5 Å². The maximum Gasteiger partial charge on any atom is 0.160 e. The van der Waals surface area contributed by atoms with Crippen LogP contribution in [0.4, 0.5) is 0 Å². The Labute approximate surface area is 113 Å². The first-order chi connectivity index (χ1) is 9.17. The molecule has 106 valence electrons. The zero-order valence-electron chi connectivity index (χ0n) is 11.6. The predicted molar refractivity (Wildman–Crippen MR) is 71.5 cm³/mol. The number of nitrogens with zero attached hydrogens (tertiary/aromatic N) is 1. The standard InChI is InChI=1S/C14H21NO4/c1-17-12-6-10(4-5-11(12)16)7-15-8-13(18-2)14(9-15)19-3/h4-6,13-14,16H,7-9H2,1-3H3. The summed E-state index contributed by atoms with van der Waals surface area (Å²) in [6.45, 7) is 2.48. The maximum absolute atomic E-state index is 9.58. The van der Waals surface area contributed by atoms with Gasteiger partial charge in [-0.15, -0.1) is 0 Å². The summed E-state index contributed by atoms with van der Waals surface area (Å²) in [7, 11) is 4.98. The monoisotopic (exact) mass is 267 g/mol. The van der Waals surface area contributed by atoms with Crippen LogP contribution in [0.2, 0.25) is 0 Å². The molecule has 1 aliphatic rings. The molecule has 1 saturated heterocycles. The molecule has 1 heterocycles. The second kappa shape index (κ2) is 6.23. The number of hydrogen-bond acceptors (Lipinski definition) is 5. The number of phenols is 1. The molecule has 2 rings (SSSR count). The van der Waals surface area contributed by atoms with Gasteiger partial charge in [-0.3, -0.25) is 4.90 Å². The summed E-state index contributed by atoms with van der Waals surface area (Å²) in [5, 5.41) is 9.58. The van der Waals surface area contributed by atoms with Crippen molar-refractivity contribution in [1.29, 1.82) is 0 Å². The van der Waals surface area contributed by atoms with Crippen molar-refractivity contribution in [3.63, 3.8) is 0 Å². The Morgan fingerprint density at radius 1 is 1.16 bits per heavy atom. The average molecular weight is 267 g/mol. The van der Waals surface area contributed by atoms with Crippen LogP contribution in [0.3, 0.4) is 0 Å². The van der Waals surface area contributed by atoms with E-state index in [4.69, 9.17) is 14.2 Å². The third-order valence-corrected chi connectivity index (χ3v) is 3.55. The number of methoxy groups -OCH3 is 3. The number of hydrogen-bond donors (Lipinski definition) is 1. The number of benzene rings is 1. The molecule has 1 fully saturated rings. The van der Waals surface area contributed by atoms with Gasteiger partial charge >= 0.3 is 0 Å². The highest BCUT2D eigenvalue weighted by Gasteiger charge is 2.32. The van der Waals surface area contributed by atoms with E-state index in [0.717, 1.165) is 25.2 Å². The van der Waals surface area contributed by atoms with Gasteiger partial charge in [0.2, 0.25) is 0 Å². The van der Waals surface area contributed by atoms with Crippen LogP contribution in [0.25, 0.3) is 0 Å². The van der Waals surface area contributed by atoms with Gasteiger partial charge in [-0.1, -0.05) is 6.07 Å². The fourth-order valence-electron chi connectivity index (χ4n) is 2.48. The summed E-state index contributed by atoms with van der Waals surface area (Å²) in [5.74, 6) is 0.667. The van der Waals surface area contributed by atoms with E-state index >= 15 is 0 Å². The van der Waals surface area contributed by atoms with Gasteiger partial charge < -0.3 is 19.3 Å². The summed E-state index contributed by atoms with van der Waals surface area (Å²) in [6.07, 6.45) is 0.230. The topological polar surface area (TPSA) is 51.2 Å². The number of phenolic OH excluding ortho intramolecular Hbond substituents is 1. The highest BCUT2D eigenvalue weighted by atomic mass is 16.5. The van der Waals surface area contributed by atoms with Crippen LogP contribution in [-0.4, -0.2) is 56.6 Å². The molecule has 1 aromatic carbocycles. The molecule has 0 amide bonds. The van der Waals surface area contributed by atoms with Crippen molar-refractivity contribution in [3.8, 4) is 11.5 Å². The first kappa shape index (κ1) is 14.1. The van der Waals surface area contributed by atoms with Crippen LogP contribution in [-0.2, 0) is 16.0 Å². The van der Waals surface area contributed by atoms with Crippen LogP contribution in [0.15, 0.2) is 18.2 Å². The van der Waals surface area contributed by atoms with Crippen LogP contribution in [0.1, 0.15) is 5.56 Å². The maximum atomic E-state index is 9.58. The van der Waals surface area contributed by atoms with Crippen molar-refractivity contribution >= 4 is 0 Å². The van der Waals surface area contributed by atoms with Gasteiger partial charge in [0.25, 0.3) is 0 Å². The molecular formula is C14H21NO4. The second-order valence-corrected chi connectivity index (χ2v) is 4.75. The number of likely N-dealkylation sites (tertiary alicyclic amines) is 1. The Bertz CT molecular complexity index is 412. The molecule has 5 nitrogen and oxygen atoms in total. The van der Waals surface area contributed by atoms with Crippen molar-refractivity contribution in [2.75, 3.05) is 34.4 Å². The summed E-state index contributed by atoms with van der Waals surface area (Å²) in [5.41, 5.74) is 1.10. The van der Waals surface area contributed by atoms with Crippen LogP contribution in [0.5, 0.6) is 11.5 Å². The lowest BCUT2D eigenvalue weighted by Gasteiger charge is -2.16. The third-order valence-electron chi connectivity index (χ3n) is 3.55. The first-order valence-electron chi connectivity index (χ1n) is 6.31. The minimum Gasteiger partial charge on any atom is -0.504 e. The minimum atomic E-state index is 0.115. The lowest BCUT2D eigenvalue weighted by Crippen LogP contribution is -2.27. The van der Waals surface area contributed by atoms with E-state index < -0.39 is 0 Å². The van der Waals surface area contributed by atoms with E-state index in [1.165, 1.54) is 0 Å². The number of aromatic hydroxyl groups is 1. The summed E-state index contributed by atoms with van der Waals surface area (Å²) >= 11 is 0. The Hall–Kier alpha value is -1.30. The van der Waals surface area contributed by atoms with Gasteiger partial charge in [0, 0.05) is 33.9 Å². The molecule has 2 atom stereocenters. The van der Waals surface area contributed by atoms with E-state index in [0.29, 0.717) is 5.75 Å².